The van der Waals surface area contributed by atoms with Gasteiger partial charge in [-0.15, -0.1) is 0 Å². The first-order valence-electron chi connectivity index (χ1n) is 1.06. The zero-order valence-corrected chi connectivity index (χ0v) is 5.49. The van der Waals surface area contributed by atoms with Gasteiger partial charge in [-0.05, 0) is 5.41 Å². The second-order valence-electron chi connectivity index (χ2n) is 0.418. The molecular formula is C2H4INS. The largest absolute Gasteiger partial charge is 0.404 e. The van der Waals surface area contributed by atoms with Gasteiger partial charge in [-0.3, -0.25) is 0 Å². The van der Waals surface area contributed by atoms with E-state index in [0.29, 0.717) is 0 Å². The molecule has 1 nitrogen and oxygen atoms in total. The summed E-state index contributed by atoms with van der Waals surface area (Å²) in [6.07, 6.45) is 1.51. The highest BCUT2D eigenvalue weighted by atomic mass is 127. The van der Waals surface area contributed by atoms with E-state index in [0.717, 1.165) is 0 Å². The van der Waals surface area contributed by atoms with Crippen molar-refractivity contribution in [1.82, 2.24) is 0 Å². The molecule has 5 heavy (non-hydrogen) atoms. The second-order valence-corrected chi connectivity index (χ2v) is 2.39. The molecule has 0 amide bonds. The van der Waals surface area contributed by atoms with E-state index in [9.17, 15) is 0 Å². The van der Waals surface area contributed by atoms with Gasteiger partial charge in [0.15, 0.2) is 0 Å². The lowest BCUT2D eigenvalue weighted by Crippen LogP contribution is -1.70. The molecule has 0 aliphatic heterocycles. The SMILES string of the molecule is N/C=C/SI. The first-order valence-corrected chi connectivity index (χ1v) is 4.48. The van der Waals surface area contributed by atoms with Gasteiger partial charge in [-0.25, -0.2) is 0 Å². The van der Waals surface area contributed by atoms with E-state index in [1.54, 1.807) is 14.3 Å². The fourth-order valence-electron chi connectivity index (χ4n) is 0.0297. The normalized spacial score (nSPS) is 9.80. The minimum absolute atomic E-state index is 1.51. The monoisotopic (exact) mass is 201 g/mol. The lowest BCUT2D eigenvalue weighted by molar-refractivity contribution is 1.63. The molecule has 0 fully saturated rings. The van der Waals surface area contributed by atoms with E-state index < -0.39 is 0 Å². The Balaban J connectivity index is 2.62. The van der Waals surface area contributed by atoms with Gasteiger partial charge in [0.1, 0.15) is 0 Å². The molecular weight excluding hydrogens is 197 g/mol. The molecule has 3 heteroatoms. The van der Waals surface area contributed by atoms with Crippen LogP contribution in [0, 0.1) is 0 Å². The lowest BCUT2D eigenvalue weighted by atomic mass is 11.1. The molecule has 0 radical (unpaired) electrons. The van der Waals surface area contributed by atoms with Crippen molar-refractivity contribution in [2.75, 3.05) is 0 Å². The highest BCUT2D eigenvalue weighted by Gasteiger charge is 1.54. The van der Waals surface area contributed by atoms with E-state index in [1.165, 1.54) is 6.20 Å². The van der Waals surface area contributed by atoms with Gasteiger partial charge < -0.3 is 5.73 Å². The fourth-order valence-corrected chi connectivity index (χ4v) is 0.598. The van der Waals surface area contributed by atoms with Crippen LogP contribution in [0.1, 0.15) is 0 Å². The van der Waals surface area contributed by atoms with Gasteiger partial charge in [-0.1, -0.05) is 8.93 Å². The number of halogens is 1. The first kappa shape index (κ1) is 5.62. The van der Waals surface area contributed by atoms with Crippen LogP contribution < -0.4 is 5.73 Å². The minimum Gasteiger partial charge on any atom is -0.404 e. The van der Waals surface area contributed by atoms with Crippen molar-refractivity contribution in [2.45, 2.75) is 0 Å². The van der Waals surface area contributed by atoms with Crippen LogP contribution in [0.3, 0.4) is 0 Å². The van der Waals surface area contributed by atoms with Gasteiger partial charge >= 0.3 is 0 Å². The fraction of sp³-hybridized carbons (Fsp3) is 0. The molecule has 2 N–H and O–H groups in total. The zero-order valence-electron chi connectivity index (χ0n) is 2.52. The van der Waals surface area contributed by atoms with Gasteiger partial charge in [0.05, 0.1) is 0 Å². The third kappa shape index (κ3) is 4.62. The molecule has 0 unspecified atom stereocenters. The molecule has 0 aromatic rings. The summed E-state index contributed by atoms with van der Waals surface area (Å²) in [5.41, 5.74) is 4.93. The Kier molecular flexibility index (Phi) is 5.19. The van der Waals surface area contributed by atoms with Gasteiger partial charge in [-0.2, -0.15) is 0 Å². The Morgan fingerprint density at radius 3 is 2.40 bits per heavy atom. The van der Waals surface area contributed by atoms with Crippen LogP contribution in [0.5, 0.6) is 0 Å². The molecule has 0 atom stereocenters. The van der Waals surface area contributed by atoms with Gasteiger partial charge in [0.2, 0.25) is 0 Å². The maximum atomic E-state index is 4.93. The van der Waals surface area contributed by atoms with E-state index in [1.807, 2.05) is 0 Å². The number of hydrogen-bond acceptors (Lipinski definition) is 2. The highest BCUT2D eigenvalue weighted by molar-refractivity contribution is 14.2. The summed E-state index contributed by atoms with van der Waals surface area (Å²) >= 11 is 2.14. The summed E-state index contributed by atoms with van der Waals surface area (Å²) in [5, 5.41) is 1.81. The summed E-state index contributed by atoms with van der Waals surface area (Å²) < 4.78 is 0. The molecule has 0 aliphatic rings. The molecule has 0 bridgehead atoms. The van der Waals surface area contributed by atoms with Crippen molar-refractivity contribution < 1.29 is 0 Å². The lowest BCUT2D eigenvalue weighted by Gasteiger charge is -1.64. The quantitative estimate of drug-likeness (QED) is 0.650. The van der Waals surface area contributed by atoms with Crippen LogP contribution >= 0.6 is 30.1 Å². The maximum absolute atomic E-state index is 4.93. The Labute approximate surface area is 47.6 Å². The topological polar surface area (TPSA) is 26.0 Å². The van der Waals surface area contributed by atoms with Crippen LogP contribution in [-0.2, 0) is 0 Å². The van der Waals surface area contributed by atoms with Crippen LogP contribution in [0.25, 0.3) is 0 Å². The number of hydrogen-bond donors (Lipinski definition) is 1. The van der Waals surface area contributed by atoms with E-state index in [4.69, 9.17) is 5.73 Å². The molecule has 0 aromatic heterocycles. The minimum atomic E-state index is 1.51. The predicted molar refractivity (Wildman–Crippen MR) is 34.9 cm³/mol. The van der Waals surface area contributed by atoms with Crippen LogP contribution in [0.2, 0.25) is 0 Å². The molecule has 30 valence electrons. The average molecular weight is 201 g/mol. The van der Waals surface area contributed by atoms with Crippen LogP contribution in [-0.4, -0.2) is 0 Å². The Hall–Kier alpha value is 0.620. The van der Waals surface area contributed by atoms with Crippen molar-refractivity contribution in [2.24, 2.45) is 5.73 Å². The smallest absolute Gasteiger partial charge is 0.000979 e. The number of rotatable bonds is 1. The van der Waals surface area contributed by atoms with E-state index >= 15 is 0 Å². The van der Waals surface area contributed by atoms with Crippen molar-refractivity contribution >= 4 is 30.1 Å². The van der Waals surface area contributed by atoms with Crippen LogP contribution in [0.4, 0.5) is 0 Å². The second kappa shape index (κ2) is 4.62. The third-order valence-electron chi connectivity index (χ3n) is 0.130. The van der Waals surface area contributed by atoms with Crippen molar-refractivity contribution in [3.8, 4) is 0 Å². The van der Waals surface area contributed by atoms with Crippen molar-refractivity contribution in [3.63, 3.8) is 0 Å². The molecule has 0 saturated carbocycles. The molecule has 0 aliphatic carbocycles. The summed E-state index contributed by atoms with van der Waals surface area (Å²) in [4.78, 5) is 0. The molecule has 0 aromatic carbocycles. The maximum Gasteiger partial charge on any atom is 0.000979 e. The Morgan fingerprint density at radius 1 is 1.80 bits per heavy atom. The standard InChI is InChI=1S/C2H4INS/c3-5-2-1-4/h1-2H,4H2/b2-1+. The van der Waals surface area contributed by atoms with Gasteiger partial charge in [0.25, 0.3) is 0 Å². The Morgan fingerprint density at radius 2 is 2.40 bits per heavy atom. The summed E-state index contributed by atoms with van der Waals surface area (Å²) in [5.74, 6) is 0. The highest BCUT2D eigenvalue weighted by Crippen LogP contribution is 2.09. The van der Waals surface area contributed by atoms with Crippen molar-refractivity contribution in [3.05, 3.63) is 11.6 Å². The predicted octanol–water partition coefficient (Wildman–Crippen LogP) is 1.50. The van der Waals surface area contributed by atoms with E-state index in [-0.39, 0.29) is 0 Å². The number of nitrogens with two attached hydrogens (primary N) is 1. The summed E-state index contributed by atoms with van der Waals surface area (Å²) in [7, 11) is 1.57. The molecule has 0 rings (SSSR count). The van der Waals surface area contributed by atoms with Crippen molar-refractivity contribution in [1.29, 1.82) is 0 Å². The van der Waals surface area contributed by atoms with Gasteiger partial charge in [0, 0.05) is 27.4 Å². The zero-order chi connectivity index (χ0) is 4.12. The van der Waals surface area contributed by atoms with E-state index in [2.05, 4.69) is 21.2 Å². The summed E-state index contributed by atoms with van der Waals surface area (Å²) in [6.45, 7) is 0. The molecule has 0 saturated heterocycles. The Bertz CT molecular complexity index is 36.6. The van der Waals surface area contributed by atoms with Crippen LogP contribution in [0.15, 0.2) is 11.6 Å². The third-order valence-corrected chi connectivity index (χ3v) is 1.27. The first-order chi connectivity index (χ1) is 2.41. The molecule has 0 heterocycles. The average Bonchev–Trinajstić information content (AvgIpc) is 1.41. The summed E-state index contributed by atoms with van der Waals surface area (Å²) in [6, 6.07) is 0. The molecule has 0 spiro atoms.